The molecular weight excluding hydrogens is 392 g/mol. The van der Waals surface area contributed by atoms with E-state index in [9.17, 15) is 14.4 Å². The van der Waals surface area contributed by atoms with Gasteiger partial charge in [0.25, 0.3) is 5.91 Å². The lowest BCUT2D eigenvalue weighted by molar-refractivity contribution is -0.885. The normalized spacial score (nSPS) is 16.3. The summed E-state index contributed by atoms with van der Waals surface area (Å²) in [6.45, 7) is 6.06. The molecule has 4 N–H and O–H groups in total. The maximum Gasteiger partial charge on any atom is 0.337 e. The largest absolute Gasteiger partial charge is 0.486 e. The van der Waals surface area contributed by atoms with Crippen molar-refractivity contribution in [1.29, 1.82) is 0 Å². The van der Waals surface area contributed by atoms with Crippen molar-refractivity contribution in [1.82, 2.24) is 10.6 Å². The number of amides is 3. The highest BCUT2D eigenvalue weighted by Crippen LogP contribution is 2.32. The zero-order chi connectivity index (χ0) is 21.5. The number of carbonyl (C=O) groups is 3. The Labute approximate surface area is 174 Å². The predicted molar refractivity (Wildman–Crippen MR) is 107 cm³/mol. The van der Waals surface area contributed by atoms with Crippen molar-refractivity contribution in [2.75, 3.05) is 51.3 Å². The highest BCUT2D eigenvalue weighted by molar-refractivity contribution is 5.94. The fourth-order valence-corrected chi connectivity index (χ4v) is 3.21. The number of urea groups is 1. The van der Waals surface area contributed by atoms with E-state index in [2.05, 4.69) is 16.0 Å². The maximum atomic E-state index is 12.6. The van der Waals surface area contributed by atoms with Gasteiger partial charge in [-0.25, -0.2) is 9.59 Å². The second-order valence-electron chi connectivity index (χ2n) is 6.85. The Kier molecular flexibility index (Phi) is 7.12. The van der Waals surface area contributed by atoms with Gasteiger partial charge in [-0.15, -0.1) is 0 Å². The van der Waals surface area contributed by atoms with Crippen LogP contribution in [-0.2, 0) is 14.3 Å². The zero-order valence-corrected chi connectivity index (χ0v) is 17.1. The van der Waals surface area contributed by atoms with Gasteiger partial charge in [-0.2, -0.15) is 0 Å². The van der Waals surface area contributed by atoms with Gasteiger partial charge in [0, 0.05) is 11.8 Å². The van der Waals surface area contributed by atoms with Crippen LogP contribution < -0.4 is 30.3 Å². The summed E-state index contributed by atoms with van der Waals surface area (Å²) in [4.78, 5) is 37.4. The quantitative estimate of drug-likeness (QED) is 0.419. The van der Waals surface area contributed by atoms with E-state index < -0.39 is 5.97 Å². The smallest absolute Gasteiger partial charge is 0.337 e. The molecule has 1 aromatic rings. The number of hydrogen-bond donors (Lipinski definition) is 4. The highest BCUT2D eigenvalue weighted by Gasteiger charge is 2.27. The monoisotopic (exact) mass is 419 g/mol. The lowest BCUT2D eigenvalue weighted by Gasteiger charge is -2.24. The third kappa shape index (κ3) is 5.41. The minimum atomic E-state index is -0.476. The van der Waals surface area contributed by atoms with E-state index in [1.165, 1.54) is 0 Å². The lowest BCUT2D eigenvalue weighted by atomic mass is 10.1. The van der Waals surface area contributed by atoms with Crippen LogP contribution in [0.25, 0.3) is 0 Å². The molecule has 0 spiro atoms. The van der Waals surface area contributed by atoms with E-state index in [1.54, 1.807) is 25.1 Å². The van der Waals surface area contributed by atoms with Gasteiger partial charge in [0.2, 0.25) is 0 Å². The van der Waals surface area contributed by atoms with Gasteiger partial charge in [0.05, 0.1) is 31.0 Å². The first-order chi connectivity index (χ1) is 14.5. The molecule has 1 unspecified atom stereocenters. The number of likely N-dealkylation sites (N-methyl/N-ethyl adjacent to an activating group) is 1. The summed E-state index contributed by atoms with van der Waals surface area (Å²) < 4.78 is 16.1. The number of hydrogen-bond acceptors (Lipinski definition) is 6. The van der Waals surface area contributed by atoms with Gasteiger partial charge in [-0.1, -0.05) is 0 Å². The zero-order valence-electron chi connectivity index (χ0n) is 17.1. The number of esters is 1. The van der Waals surface area contributed by atoms with Crippen LogP contribution in [0.2, 0.25) is 0 Å². The fourth-order valence-electron chi connectivity index (χ4n) is 3.21. The minimum absolute atomic E-state index is 0.0976. The number of carbonyl (C=O) groups excluding carboxylic acids is 3. The SMILES string of the molecule is CCOC(=O)C1=C(C[NH+](CC)CC(=O)Nc2ccc3c(c2)OCCO3)NC(=O)NC1. The van der Waals surface area contributed by atoms with Crippen LogP contribution in [0.15, 0.2) is 29.5 Å². The molecule has 1 atom stereocenters. The van der Waals surface area contributed by atoms with Crippen LogP contribution >= 0.6 is 0 Å². The topological polar surface area (TPSA) is 119 Å². The van der Waals surface area contributed by atoms with Gasteiger partial charge >= 0.3 is 12.0 Å². The average molecular weight is 419 g/mol. The van der Waals surface area contributed by atoms with Crippen molar-refractivity contribution in [3.8, 4) is 11.5 Å². The number of nitrogens with one attached hydrogen (secondary N) is 4. The molecule has 2 aliphatic rings. The Bertz CT molecular complexity index is 854. The lowest BCUT2D eigenvalue weighted by Crippen LogP contribution is -3.13. The molecule has 30 heavy (non-hydrogen) atoms. The molecule has 2 aliphatic heterocycles. The van der Waals surface area contributed by atoms with E-state index in [4.69, 9.17) is 14.2 Å². The van der Waals surface area contributed by atoms with Crippen molar-refractivity contribution in [2.45, 2.75) is 13.8 Å². The van der Waals surface area contributed by atoms with Gasteiger partial charge in [0.15, 0.2) is 18.0 Å². The van der Waals surface area contributed by atoms with Crippen molar-refractivity contribution < 1.29 is 33.5 Å². The summed E-state index contributed by atoms with van der Waals surface area (Å²) in [5.41, 5.74) is 1.46. The molecule has 0 aromatic heterocycles. The van der Waals surface area contributed by atoms with Gasteiger partial charge in [-0.3, -0.25) is 4.79 Å². The van der Waals surface area contributed by atoms with Gasteiger partial charge in [0.1, 0.15) is 19.8 Å². The number of fused-ring (bicyclic) bond motifs is 1. The molecule has 0 radical (unpaired) electrons. The molecular formula is C20H27N4O6+. The van der Waals surface area contributed by atoms with Crippen molar-refractivity contribution in [2.24, 2.45) is 0 Å². The summed E-state index contributed by atoms with van der Waals surface area (Å²) in [5.74, 6) is 0.582. The average Bonchev–Trinajstić information content (AvgIpc) is 2.73. The summed E-state index contributed by atoms with van der Waals surface area (Å²) >= 11 is 0. The Morgan fingerprint density at radius 3 is 2.70 bits per heavy atom. The fraction of sp³-hybridized carbons (Fsp3) is 0.450. The maximum absolute atomic E-state index is 12.6. The first-order valence-corrected chi connectivity index (χ1v) is 9.97. The third-order valence-corrected chi connectivity index (χ3v) is 4.74. The Hall–Kier alpha value is -3.27. The molecule has 0 bridgehead atoms. The highest BCUT2D eigenvalue weighted by atomic mass is 16.6. The molecule has 0 fully saturated rings. The van der Waals surface area contributed by atoms with E-state index in [0.717, 1.165) is 4.90 Å². The first kappa shape index (κ1) is 21.4. The molecule has 0 saturated heterocycles. The van der Waals surface area contributed by atoms with Crippen molar-refractivity contribution >= 4 is 23.6 Å². The molecule has 2 heterocycles. The van der Waals surface area contributed by atoms with Crippen molar-refractivity contribution in [3.05, 3.63) is 29.5 Å². The second kappa shape index (κ2) is 9.97. The van der Waals surface area contributed by atoms with E-state index in [-0.39, 0.29) is 31.6 Å². The summed E-state index contributed by atoms with van der Waals surface area (Å²) in [6, 6.07) is 4.86. The molecule has 10 heteroatoms. The van der Waals surface area contributed by atoms with Crippen LogP contribution in [0.3, 0.4) is 0 Å². The number of rotatable bonds is 8. The number of anilines is 1. The van der Waals surface area contributed by atoms with Crippen LogP contribution in [-0.4, -0.2) is 63.9 Å². The Morgan fingerprint density at radius 2 is 1.97 bits per heavy atom. The number of benzene rings is 1. The minimum Gasteiger partial charge on any atom is -0.486 e. The number of ether oxygens (including phenoxy) is 3. The van der Waals surface area contributed by atoms with E-state index >= 15 is 0 Å². The summed E-state index contributed by atoms with van der Waals surface area (Å²) in [6.07, 6.45) is 0. The molecule has 162 valence electrons. The third-order valence-electron chi connectivity index (χ3n) is 4.74. The molecule has 10 nitrogen and oxygen atoms in total. The van der Waals surface area contributed by atoms with Gasteiger partial charge in [-0.05, 0) is 26.0 Å². The van der Waals surface area contributed by atoms with Crippen LogP contribution in [0.4, 0.5) is 10.5 Å². The van der Waals surface area contributed by atoms with Crippen LogP contribution in [0.1, 0.15) is 13.8 Å². The Balaban J connectivity index is 1.64. The summed E-state index contributed by atoms with van der Waals surface area (Å²) in [7, 11) is 0. The Morgan fingerprint density at radius 1 is 1.20 bits per heavy atom. The molecule has 3 amide bonds. The molecule has 0 aliphatic carbocycles. The second-order valence-corrected chi connectivity index (χ2v) is 6.85. The van der Waals surface area contributed by atoms with Crippen LogP contribution in [0, 0.1) is 0 Å². The van der Waals surface area contributed by atoms with Gasteiger partial charge < -0.3 is 35.1 Å². The first-order valence-electron chi connectivity index (χ1n) is 9.97. The van der Waals surface area contributed by atoms with E-state index in [0.29, 0.717) is 54.8 Å². The van der Waals surface area contributed by atoms with Crippen molar-refractivity contribution in [3.63, 3.8) is 0 Å². The number of quaternary nitrogens is 1. The summed E-state index contributed by atoms with van der Waals surface area (Å²) in [5, 5.41) is 8.10. The standard InChI is InChI=1S/C20H26N4O6/c1-3-24(11-15-14(19(26)28-4-2)10-21-20(27)23-15)12-18(25)22-13-5-6-16-17(9-13)30-8-7-29-16/h5-6,9H,3-4,7-8,10-12H2,1-2H3,(H,22,25)(H2,21,23,27)/p+1. The molecule has 1 aromatic carbocycles. The predicted octanol–water partition coefficient (Wildman–Crippen LogP) is -0.569. The van der Waals surface area contributed by atoms with Crippen LogP contribution in [0.5, 0.6) is 11.5 Å². The molecule has 0 saturated carbocycles. The molecule has 3 rings (SSSR count). The van der Waals surface area contributed by atoms with E-state index in [1.807, 2.05) is 6.92 Å².